The summed E-state index contributed by atoms with van der Waals surface area (Å²) in [6.45, 7) is -0.00330. The van der Waals surface area contributed by atoms with Gasteiger partial charge in [0.05, 0.1) is 12.7 Å². The number of halogens is 1. The molecule has 0 unspecified atom stereocenters. The van der Waals surface area contributed by atoms with Crippen molar-refractivity contribution < 1.29 is 14.6 Å². The lowest BCUT2D eigenvalue weighted by Gasteiger charge is -2.13. The molecule has 3 N–H and O–H groups in total. The van der Waals surface area contributed by atoms with Crippen molar-refractivity contribution in [1.29, 1.82) is 0 Å². The molecule has 16 heavy (non-hydrogen) atoms. The molecular formula is C11H16ClNO3. The lowest BCUT2D eigenvalue weighted by atomic mass is 9.99. The molecule has 0 aliphatic carbocycles. The standard InChI is InChI=1S/C11H15NO3.ClH/c1-15-11(14)9-5-3-2-4-8(9)10(12)6-7-13;/h2-5,10,13H,6-7,12H2,1H3;1H/t10-;/m0./s1. The number of carbonyl (C=O) groups excluding carboxylic acids is 1. The van der Waals surface area contributed by atoms with Crippen molar-refractivity contribution in [2.75, 3.05) is 13.7 Å². The van der Waals surface area contributed by atoms with Gasteiger partial charge in [-0.15, -0.1) is 12.4 Å². The Hall–Kier alpha value is -1.10. The summed E-state index contributed by atoms with van der Waals surface area (Å²) in [4.78, 5) is 11.4. The van der Waals surface area contributed by atoms with E-state index in [-0.39, 0.29) is 25.1 Å². The Morgan fingerprint density at radius 1 is 1.50 bits per heavy atom. The number of ether oxygens (including phenoxy) is 1. The highest BCUT2D eigenvalue weighted by atomic mass is 35.5. The van der Waals surface area contributed by atoms with E-state index in [1.165, 1.54) is 7.11 Å². The van der Waals surface area contributed by atoms with Crippen LogP contribution >= 0.6 is 12.4 Å². The molecule has 0 heterocycles. The fraction of sp³-hybridized carbons (Fsp3) is 0.364. The first kappa shape index (κ1) is 14.9. The van der Waals surface area contributed by atoms with Gasteiger partial charge in [0.25, 0.3) is 0 Å². The molecular weight excluding hydrogens is 230 g/mol. The van der Waals surface area contributed by atoms with Gasteiger partial charge in [-0.2, -0.15) is 0 Å². The normalized spacial score (nSPS) is 11.4. The molecule has 0 fully saturated rings. The Morgan fingerprint density at radius 2 is 2.12 bits per heavy atom. The summed E-state index contributed by atoms with van der Waals surface area (Å²) in [5.41, 5.74) is 7.00. The number of hydrogen-bond donors (Lipinski definition) is 2. The van der Waals surface area contributed by atoms with E-state index < -0.39 is 5.97 Å². The Balaban J connectivity index is 0.00000225. The molecule has 0 spiro atoms. The molecule has 90 valence electrons. The summed E-state index contributed by atoms with van der Waals surface area (Å²) in [6, 6.07) is 6.65. The number of aliphatic hydroxyl groups excluding tert-OH is 1. The van der Waals surface area contributed by atoms with Crippen molar-refractivity contribution in [3.05, 3.63) is 35.4 Å². The van der Waals surface area contributed by atoms with Crippen LogP contribution in [0, 0.1) is 0 Å². The summed E-state index contributed by atoms with van der Waals surface area (Å²) in [5, 5.41) is 8.79. The van der Waals surface area contributed by atoms with Gasteiger partial charge >= 0.3 is 5.97 Å². The average Bonchev–Trinajstić information content (AvgIpc) is 2.28. The molecule has 1 aromatic rings. The van der Waals surface area contributed by atoms with Crippen molar-refractivity contribution in [3.63, 3.8) is 0 Å². The number of carbonyl (C=O) groups is 1. The molecule has 5 heteroatoms. The molecule has 0 radical (unpaired) electrons. The maximum atomic E-state index is 11.4. The van der Waals surface area contributed by atoms with E-state index in [1.54, 1.807) is 24.3 Å². The minimum absolute atomic E-state index is 0. The van der Waals surface area contributed by atoms with Crippen LogP contribution in [0.1, 0.15) is 28.4 Å². The molecule has 0 saturated heterocycles. The zero-order valence-corrected chi connectivity index (χ0v) is 9.87. The molecule has 0 aliphatic heterocycles. The molecule has 0 aliphatic rings. The Bertz CT molecular complexity index is 344. The first-order valence-corrected chi connectivity index (χ1v) is 4.74. The van der Waals surface area contributed by atoms with Gasteiger partial charge in [-0.1, -0.05) is 18.2 Å². The van der Waals surface area contributed by atoms with Crippen molar-refractivity contribution in [2.45, 2.75) is 12.5 Å². The van der Waals surface area contributed by atoms with Crippen LogP contribution < -0.4 is 5.73 Å². The monoisotopic (exact) mass is 245 g/mol. The fourth-order valence-electron chi connectivity index (χ4n) is 1.41. The molecule has 4 nitrogen and oxygen atoms in total. The van der Waals surface area contributed by atoms with Crippen molar-refractivity contribution in [2.24, 2.45) is 5.73 Å². The molecule has 0 bridgehead atoms. The molecule has 1 rings (SSSR count). The zero-order valence-electron chi connectivity index (χ0n) is 9.05. The largest absolute Gasteiger partial charge is 0.465 e. The number of esters is 1. The van der Waals surface area contributed by atoms with Crippen LogP contribution in [-0.2, 0) is 4.74 Å². The third kappa shape index (κ3) is 3.48. The highest BCUT2D eigenvalue weighted by Gasteiger charge is 2.15. The number of hydrogen-bond acceptors (Lipinski definition) is 4. The first-order chi connectivity index (χ1) is 7.20. The highest BCUT2D eigenvalue weighted by molar-refractivity contribution is 5.91. The maximum absolute atomic E-state index is 11.4. The van der Waals surface area contributed by atoms with Gasteiger partial charge in [-0.25, -0.2) is 4.79 Å². The van der Waals surface area contributed by atoms with Gasteiger partial charge in [0.2, 0.25) is 0 Å². The molecule has 0 aromatic heterocycles. The third-order valence-electron chi connectivity index (χ3n) is 2.21. The summed E-state index contributed by atoms with van der Waals surface area (Å²) in [6.07, 6.45) is 0.425. The van der Waals surface area contributed by atoms with Crippen LogP contribution in [0.2, 0.25) is 0 Å². The third-order valence-corrected chi connectivity index (χ3v) is 2.21. The topological polar surface area (TPSA) is 72.5 Å². The minimum Gasteiger partial charge on any atom is -0.465 e. The van der Waals surface area contributed by atoms with Crippen molar-refractivity contribution in [1.82, 2.24) is 0 Å². The van der Waals surface area contributed by atoms with E-state index in [0.717, 1.165) is 0 Å². The van der Waals surface area contributed by atoms with Crippen LogP contribution in [0.4, 0.5) is 0 Å². The fourth-order valence-corrected chi connectivity index (χ4v) is 1.41. The van der Waals surface area contributed by atoms with Gasteiger partial charge in [0, 0.05) is 12.6 Å². The highest BCUT2D eigenvalue weighted by Crippen LogP contribution is 2.19. The van der Waals surface area contributed by atoms with Crippen LogP contribution in [0.5, 0.6) is 0 Å². The molecule has 1 aromatic carbocycles. The number of methoxy groups -OCH3 is 1. The SMILES string of the molecule is COC(=O)c1ccccc1[C@@H](N)CCO.Cl. The lowest BCUT2D eigenvalue weighted by Crippen LogP contribution is -2.16. The van der Waals surface area contributed by atoms with Crippen molar-refractivity contribution >= 4 is 18.4 Å². The second-order valence-electron chi connectivity index (χ2n) is 3.20. The van der Waals surface area contributed by atoms with E-state index in [0.29, 0.717) is 17.5 Å². The van der Waals surface area contributed by atoms with Crippen LogP contribution in [0.15, 0.2) is 24.3 Å². The Kier molecular flexibility index (Phi) is 6.72. The van der Waals surface area contributed by atoms with Crippen molar-refractivity contribution in [3.8, 4) is 0 Å². The quantitative estimate of drug-likeness (QED) is 0.784. The Labute approximate surface area is 101 Å². The second-order valence-corrected chi connectivity index (χ2v) is 3.20. The van der Waals surface area contributed by atoms with Crippen LogP contribution in [0.3, 0.4) is 0 Å². The van der Waals surface area contributed by atoms with E-state index in [2.05, 4.69) is 4.74 Å². The number of rotatable bonds is 4. The predicted molar refractivity (Wildman–Crippen MR) is 63.7 cm³/mol. The molecule has 1 atom stereocenters. The van der Waals surface area contributed by atoms with Gasteiger partial charge in [-0.3, -0.25) is 0 Å². The number of benzene rings is 1. The van der Waals surface area contributed by atoms with Gasteiger partial charge < -0.3 is 15.6 Å². The average molecular weight is 246 g/mol. The smallest absolute Gasteiger partial charge is 0.338 e. The molecule has 0 amide bonds. The first-order valence-electron chi connectivity index (χ1n) is 4.74. The Morgan fingerprint density at radius 3 is 2.69 bits per heavy atom. The van der Waals surface area contributed by atoms with E-state index in [4.69, 9.17) is 10.8 Å². The summed E-state index contributed by atoms with van der Waals surface area (Å²) >= 11 is 0. The predicted octanol–water partition coefficient (Wildman–Crippen LogP) is 1.28. The summed E-state index contributed by atoms with van der Waals surface area (Å²) < 4.78 is 4.65. The molecule has 0 saturated carbocycles. The zero-order chi connectivity index (χ0) is 11.3. The number of nitrogens with two attached hydrogens (primary N) is 1. The van der Waals surface area contributed by atoms with Crippen LogP contribution in [-0.4, -0.2) is 24.8 Å². The van der Waals surface area contributed by atoms with Gasteiger partial charge in [-0.05, 0) is 18.1 Å². The lowest BCUT2D eigenvalue weighted by molar-refractivity contribution is 0.0598. The van der Waals surface area contributed by atoms with Gasteiger partial charge in [0.15, 0.2) is 0 Å². The minimum atomic E-state index is -0.404. The maximum Gasteiger partial charge on any atom is 0.338 e. The van der Waals surface area contributed by atoms with Crippen LogP contribution in [0.25, 0.3) is 0 Å². The van der Waals surface area contributed by atoms with Gasteiger partial charge in [0.1, 0.15) is 0 Å². The summed E-state index contributed by atoms with van der Waals surface area (Å²) in [5.74, 6) is -0.404. The van der Waals surface area contributed by atoms with E-state index in [1.807, 2.05) is 0 Å². The summed E-state index contributed by atoms with van der Waals surface area (Å²) in [7, 11) is 1.33. The number of aliphatic hydroxyl groups is 1. The van der Waals surface area contributed by atoms with E-state index >= 15 is 0 Å². The second kappa shape index (κ2) is 7.22. The van der Waals surface area contributed by atoms with E-state index in [9.17, 15) is 4.79 Å².